The van der Waals surface area contributed by atoms with Gasteiger partial charge in [0.15, 0.2) is 23.0 Å². The molecule has 0 spiro atoms. The van der Waals surface area contributed by atoms with Gasteiger partial charge in [-0.25, -0.2) is 9.59 Å². The van der Waals surface area contributed by atoms with E-state index < -0.39 is 106 Å². The van der Waals surface area contributed by atoms with Crippen LogP contribution in [-0.2, 0) is 14.2 Å². The van der Waals surface area contributed by atoms with Crippen molar-refractivity contribution in [3.05, 3.63) is 23.3 Å². The minimum absolute atomic E-state index is 0.0160. The molecule has 1 aliphatic heterocycles. The van der Waals surface area contributed by atoms with Crippen LogP contribution in [0.3, 0.4) is 0 Å². The van der Waals surface area contributed by atoms with Gasteiger partial charge in [0.1, 0.15) is 18.3 Å². The minimum Gasteiger partial charge on any atom is -0.504 e. The highest BCUT2D eigenvalue weighted by Gasteiger charge is 2.47. The van der Waals surface area contributed by atoms with E-state index in [0.29, 0.717) is 12.1 Å². The van der Waals surface area contributed by atoms with E-state index in [4.69, 9.17) is 14.2 Å². The third-order valence-corrected chi connectivity index (χ3v) is 6.24. The van der Waals surface area contributed by atoms with Crippen molar-refractivity contribution in [2.75, 3.05) is 13.7 Å². The van der Waals surface area contributed by atoms with Gasteiger partial charge < -0.3 is 55.1 Å². The summed E-state index contributed by atoms with van der Waals surface area (Å²) in [6, 6.07) is 1.37. The Morgan fingerprint density at radius 2 is 1.31 bits per heavy atom. The van der Waals surface area contributed by atoms with Gasteiger partial charge in [-0.15, -0.1) is 0 Å². The first kappa shape index (κ1) is 24.2. The Bertz CT molecular complexity index is 1210. The number of phenols is 6. The Hall–Kier alpha value is -3.94. The molecule has 188 valence electrons. The number of aliphatic hydroxyl groups excluding tert-OH is 2. The van der Waals surface area contributed by atoms with Gasteiger partial charge in [0, 0.05) is 24.2 Å². The van der Waals surface area contributed by atoms with Crippen molar-refractivity contribution in [2.45, 2.75) is 30.8 Å². The Kier molecular flexibility index (Phi) is 6.00. The van der Waals surface area contributed by atoms with E-state index in [2.05, 4.69) is 0 Å². The molecule has 5 atom stereocenters. The van der Waals surface area contributed by atoms with Gasteiger partial charge in [0.05, 0.1) is 23.8 Å². The molecular weight excluding hydrogens is 472 g/mol. The van der Waals surface area contributed by atoms with Crippen LogP contribution >= 0.6 is 0 Å². The van der Waals surface area contributed by atoms with Crippen molar-refractivity contribution in [1.82, 2.24) is 0 Å². The average Bonchev–Trinajstić information content (AvgIpc) is 2.84. The fourth-order valence-corrected chi connectivity index (χ4v) is 4.39. The minimum atomic E-state index is -1.69. The average molecular weight is 494 g/mol. The summed E-state index contributed by atoms with van der Waals surface area (Å²) in [5.41, 5.74) is -2.77. The molecular formula is C22H22O13. The zero-order chi connectivity index (χ0) is 25.8. The number of hydrogen-bond donors (Lipinski definition) is 8. The number of rotatable bonds is 1. The highest BCUT2D eigenvalue weighted by atomic mass is 16.6. The number of fused-ring (bicyclic) bond motifs is 4. The third-order valence-electron chi connectivity index (χ3n) is 6.24. The monoisotopic (exact) mass is 494 g/mol. The number of aromatic hydroxyl groups is 6. The molecule has 4 rings (SSSR count). The van der Waals surface area contributed by atoms with Crippen LogP contribution in [0.1, 0.15) is 27.1 Å². The first-order valence-electron chi connectivity index (χ1n) is 10.3. The normalized spacial score (nSPS) is 26.4. The van der Waals surface area contributed by atoms with Gasteiger partial charge in [-0.2, -0.15) is 0 Å². The van der Waals surface area contributed by atoms with Crippen LogP contribution in [0.15, 0.2) is 12.1 Å². The molecule has 13 heteroatoms. The smallest absolute Gasteiger partial charge is 0.339 e. The van der Waals surface area contributed by atoms with Crippen LogP contribution < -0.4 is 0 Å². The number of esters is 2. The molecule has 2 aromatic carbocycles. The predicted octanol–water partition coefficient (Wildman–Crippen LogP) is 0.0397. The van der Waals surface area contributed by atoms with Crippen LogP contribution in [0.25, 0.3) is 11.1 Å². The lowest BCUT2D eigenvalue weighted by Crippen LogP contribution is -2.56. The van der Waals surface area contributed by atoms with Gasteiger partial charge in [-0.3, -0.25) is 0 Å². The van der Waals surface area contributed by atoms with Crippen LogP contribution in [0.4, 0.5) is 0 Å². The van der Waals surface area contributed by atoms with Crippen LogP contribution in [0, 0.1) is 5.92 Å². The Morgan fingerprint density at radius 1 is 0.800 bits per heavy atom. The zero-order valence-corrected chi connectivity index (χ0v) is 18.1. The second-order valence-electron chi connectivity index (χ2n) is 8.25. The van der Waals surface area contributed by atoms with E-state index in [1.54, 1.807) is 0 Å². The molecule has 5 unspecified atom stereocenters. The second kappa shape index (κ2) is 8.69. The molecule has 0 aromatic heterocycles. The van der Waals surface area contributed by atoms with E-state index in [1.165, 1.54) is 7.11 Å². The van der Waals surface area contributed by atoms with Crippen molar-refractivity contribution in [3.8, 4) is 45.6 Å². The summed E-state index contributed by atoms with van der Waals surface area (Å²) in [5, 5.41) is 82.2. The molecule has 0 bridgehead atoms. The number of methoxy groups -OCH3 is 1. The maximum absolute atomic E-state index is 13.2. The van der Waals surface area contributed by atoms with Crippen LogP contribution in [-0.4, -0.2) is 90.9 Å². The highest BCUT2D eigenvalue weighted by molar-refractivity contribution is 6.08. The predicted molar refractivity (Wildman–Crippen MR) is 112 cm³/mol. The fourth-order valence-electron chi connectivity index (χ4n) is 4.39. The summed E-state index contributed by atoms with van der Waals surface area (Å²) < 4.78 is 15.8. The number of aliphatic hydroxyl groups is 2. The van der Waals surface area contributed by atoms with Crippen molar-refractivity contribution >= 4 is 11.9 Å². The van der Waals surface area contributed by atoms with E-state index in [-0.39, 0.29) is 6.42 Å². The summed E-state index contributed by atoms with van der Waals surface area (Å²) in [4.78, 5) is 26.2. The Labute approximate surface area is 196 Å². The molecule has 1 saturated carbocycles. The molecule has 1 fully saturated rings. The van der Waals surface area contributed by atoms with Crippen molar-refractivity contribution in [3.63, 3.8) is 0 Å². The number of carbonyl (C=O) groups excluding carboxylic acids is 2. The Morgan fingerprint density at radius 3 is 1.83 bits per heavy atom. The summed E-state index contributed by atoms with van der Waals surface area (Å²) in [5.74, 6) is -9.87. The fraction of sp³-hybridized carbons (Fsp3) is 0.364. The Balaban J connectivity index is 1.99. The lowest BCUT2D eigenvalue weighted by Gasteiger charge is -2.41. The van der Waals surface area contributed by atoms with Crippen molar-refractivity contribution in [2.24, 2.45) is 5.92 Å². The number of phenolic OH excluding ortho intramolecular Hbond substituents is 6. The van der Waals surface area contributed by atoms with Gasteiger partial charge in [-0.1, -0.05) is 0 Å². The SMILES string of the molecule is COC1CC2COC(=O)c3cc(O)c(O)c(O)c3-c3c(cc(O)c(O)c3O)C(=O)OC2C(O)C1O. The number of benzene rings is 2. The van der Waals surface area contributed by atoms with Crippen LogP contribution in [0.2, 0.25) is 0 Å². The van der Waals surface area contributed by atoms with E-state index >= 15 is 0 Å². The molecule has 2 aliphatic rings. The lowest BCUT2D eigenvalue weighted by atomic mass is 9.81. The molecule has 0 saturated heterocycles. The maximum Gasteiger partial charge on any atom is 0.339 e. The topological polar surface area (TPSA) is 224 Å². The number of ether oxygens (including phenoxy) is 3. The highest BCUT2D eigenvalue weighted by Crippen LogP contribution is 2.53. The van der Waals surface area contributed by atoms with Crippen molar-refractivity contribution < 1.29 is 64.7 Å². The summed E-state index contributed by atoms with van der Waals surface area (Å²) >= 11 is 0. The first-order chi connectivity index (χ1) is 16.5. The number of carbonyl (C=O) groups is 2. The summed E-state index contributed by atoms with van der Waals surface area (Å²) in [7, 11) is 1.28. The molecule has 1 aliphatic carbocycles. The number of hydrogen-bond acceptors (Lipinski definition) is 13. The molecule has 0 amide bonds. The van der Waals surface area contributed by atoms with Crippen LogP contribution in [0.5, 0.6) is 34.5 Å². The molecule has 13 nitrogen and oxygen atoms in total. The molecule has 2 aromatic rings. The largest absolute Gasteiger partial charge is 0.504 e. The van der Waals surface area contributed by atoms with Gasteiger partial charge in [-0.05, 0) is 18.6 Å². The second-order valence-corrected chi connectivity index (χ2v) is 8.25. The maximum atomic E-state index is 13.2. The quantitative estimate of drug-likeness (QED) is 0.194. The first-order valence-corrected chi connectivity index (χ1v) is 10.3. The standard InChI is InChI=1S/C22H22O13/c1-33-11-2-6-5-34-21(31)7-3-9(23)14(25)17(28)12(7)13-8(4-10(24)15(26)18(13)29)22(32)35-20(6)19(30)16(11)27/h3-4,6,11,16,19-20,23-30H,2,5H2,1H3. The molecule has 8 N–H and O–H groups in total. The summed E-state index contributed by atoms with van der Waals surface area (Å²) in [6.45, 7) is -0.471. The van der Waals surface area contributed by atoms with Crippen molar-refractivity contribution in [1.29, 1.82) is 0 Å². The zero-order valence-electron chi connectivity index (χ0n) is 18.1. The number of cyclic esters (lactones) is 1. The van der Waals surface area contributed by atoms with E-state index in [0.717, 1.165) is 0 Å². The molecule has 35 heavy (non-hydrogen) atoms. The summed E-state index contributed by atoms with van der Waals surface area (Å²) in [6.07, 6.45) is -5.53. The van der Waals surface area contributed by atoms with E-state index in [9.17, 15) is 50.4 Å². The lowest BCUT2D eigenvalue weighted by molar-refractivity contribution is -0.172. The third kappa shape index (κ3) is 3.79. The van der Waals surface area contributed by atoms with Gasteiger partial charge in [0.2, 0.25) is 11.5 Å². The molecule has 0 radical (unpaired) electrons. The molecule has 1 heterocycles. The van der Waals surface area contributed by atoms with E-state index in [1.807, 2.05) is 0 Å². The van der Waals surface area contributed by atoms with Gasteiger partial charge in [0.25, 0.3) is 0 Å². The van der Waals surface area contributed by atoms with Gasteiger partial charge >= 0.3 is 11.9 Å².